The second kappa shape index (κ2) is 10.4. The van der Waals surface area contributed by atoms with Crippen molar-refractivity contribution < 1.29 is 24.2 Å². The number of aryl methyl sites for hydroxylation is 1. The quantitative estimate of drug-likeness (QED) is 0.335. The SMILES string of the molecule is C1=CC2=C3C(=C4[CH-]CCCC4C2CC1)Cc1ccccc13.C[C](C)=[Zr+2].Cc1cc[cH-]c1. The molecule has 1 fully saturated rings. The monoisotopic (exact) mass is 484 g/mol. The molecule has 0 aliphatic heterocycles. The van der Waals surface area contributed by atoms with Gasteiger partial charge < -0.3 is 0 Å². The van der Waals surface area contributed by atoms with E-state index in [4.69, 9.17) is 0 Å². The number of rotatable bonds is 0. The standard InChI is InChI=1S/C21H21.C6H7.C3H6.Zr/c1-2-8-15-14(7-1)13-20-18-11-4-3-9-16(18)17-10-5-6-12-19(17)21(15)20;1-6-4-2-3-5-6;1-3-2;/h1-2,6-8,11-12,16-17H,3-5,9-10,13H2;2-5H,1H3;1-2H3;/q2*-1;;+2. The molecular formula is C30H34Zr. The summed E-state index contributed by atoms with van der Waals surface area (Å²) in [6, 6.07) is 17.3. The Kier molecular flexibility index (Phi) is 7.55. The summed E-state index contributed by atoms with van der Waals surface area (Å²) in [7, 11) is 0. The zero-order chi connectivity index (χ0) is 21.8. The minimum atomic E-state index is 0.784. The van der Waals surface area contributed by atoms with Gasteiger partial charge in [-0.3, -0.25) is 0 Å². The zero-order valence-electron chi connectivity index (χ0n) is 19.2. The summed E-state index contributed by atoms with van der Waals surface area (Å²) in [5.74, 6) is 1.60. The van der Waals surface area contributed by atoms with Crippen molar-refractivity contribution in [3.63, 3.8) is 0 Å². The molecule has 4 aliphatic rings. The molecule has 158 valence electrons. The maximum absolute atomic E-state index is 2.57. The second-order valence-corrected chi connectivity index (χ2v) is 11.8. The van der Waals surface area contributed by atoms with Gasteiger partial charge in [-0.1, -0.05) is 72.9 Å². The van der Waals surface area contributed by atoms with Crippen LogP contribution in [0.4, 0.5) is 0 Å². The third-order valence-corrected chi connectivity index (χ3v) is 6.73. The Hall–Kier alpha value is -1.59. The van der Waals surface area contributed by atoms with E-state index < -0.39 is 0 Å². The zero-order valence-corrected chi connectivity index (χ0v) is 21.7. The van der Waals surface area contributed by atoms with Crippen molar-refractivity contribution in [1.29, 1.82) is 0 Å². The molecule has 2 atom stereocenters. The van der Waals surface area contributed by atoms with Crippen molar-refractivity contribution in [2.75, 3.05) is 0 Å². The first-order chi connectivity index (χ1) is 15.1. The summed E-state index contributed by atoms with van der Waals surface area (Å²) in [5.41, 5.74) is 11.1. The fourth-order valence-corrected chi connectivity index (χ4v) is 5.53. The van der Waals surface area contributed by atoms with Crippen molar-refractivity contribution in [3.8, 4) is 0 Å². The predicted molar refractivity (Wildman–Crippen MR) is 131 cm³/mol. The summed E-state index contributed by atoms with van der Waals surface area (Å²) in [6.07, 6.45) is 15.3. The van der Waals surface area contributed by atoms with Crippen molar-refractivity contribution in [2.45, 2.75) is 59.3 Å². The van der Waals surface area contributed by atoms with Gasteiger partial charge in [0.2, 0.25) is 0 Å². The number of hydrogen-bond donors (Lipinski definition) is 0. The summed E-state index contributed by atoms with van der Waals surface area (Å²) in [4.78, 5) is 0. The van der Waals surface area contributed by atoms with Crippen molar-refractivity contribution in [3.05, 3.63) is 101 Å². The molecule has 1 saturated carbocycles. The van der Waals surface area contributed by atoms with E-state index in [-0.39, 0.29) is 0 Å². The molecule has 0 amide bonds. The fraction of sp³-hybridized carbons (Fsp3) is 0.367. The van der Waals surface area contributed by atoms with Gasteiger partial charge in [0.15, 0.2) is 0 Å². The first-order valence-corrected chi connectivity index (χ1v) is 13.0. The molecule has 0 nitrogen and oxygen atoms in total. The van der Waals surface area contributed by atoms with Crippen LogP contribution in [0.25, 0.3) is 5.57 Å². The maximum Gasteiger partial charge on any atom is -0.0961 e. The van der Waals surface area contributed by atoms with Crippen molar-refractivity contribution >= 4 is 8.78 Å². The molecule has 2 unspecified atom stereocenters. The normalized spacial score (nSPS) is 22.6. The molecular weight excluding hydrogens is 452 g/mol. The topological polar surface area (TPSA) is 0 Å². The van der Waals surface area contributed by atoms with Gasteiger partial charge in [-0.15, -0.1) is 6.42 Å². The predicted octanol–water partition coefficient (Wildman–Crippen LogP) is 7.74. The Balaban J connectivity index is 0.000000194. The molecule has 0 aromatic heterocycles. The average Bonchev–Trinajstić information content (AvgIpc) is 3.41. The van der Waals surface area contributed by atoms with E-state index in [2.05, 4.69) is 75.7 Å². The van der Waals surface area contributed by atoms with Gasteiger partial charge in [0.25, 0.3) is 0 Å². The Morgan fingerprint density at radius 2 is 1.87 bits per heavy atom. The number of benzene rings is 1. The molecule has 31 heavy (non-hydrogen) atoms. The Labute approximate surface area is 203 Å². The van der Waals surface area contributed by atoms with E-state index in [1.54, 1.807) is 52.1 Å². The van der Waals surface area contributed by atoms with Gasteiger partial charge in [0, 0.05) is 0 Å². The minimum absolute atomic E-state index is 0.784. The van der Waals surface area contributed by atoms with Crippen LogP contribution in [0.5, 0.6) is 0 Å². The van der Waals surface area contributed by atoms with Crippen molar-refractivity contribution in [2.24, 2.45) is 11.8 Å². The Bertz CT molecular complexity index is 1010. The van der Waals surface area contributed by atoms with Crippen LogP contribution in [0, 0.1) is 25.2 Å². The molecule has 4 aliphatic carbocycles. The Morgan fingerprint density at radius 3 is 2.58 bits per heavy atom. The molecule has 0 radical (unpaired) electrons. The summed E-state index contributed by atoms with van der Waals surface area (Å²) in [5, 5.41) is 0. The van der Waals surface area contributed by atoms with Crippen LogP contribution >= 0.6 is 0 Å². The van der Waals surface area contributed by atoms with E-state index >= 15 is 0 Å². The molecule has 2 aromatic rings. The van der Waals surface area contributed by atoms with Gasteiger partial charge in [0.05, 0.1) is 0 Å². The van der Waals surface area contributed by atoms with Gasteiger partial charge in [0.1, 0.15) is 0 Å². The van der Waals surface area contributed by atoms with Crippen LogP contribution in [0.1, 0.15) is 62.6 Å². The second-order valence-electron chi connectivity index (χ2n) is 9.39. The van der Waals surface area contributed by atoms with E-state index in [1.165, 1.54) is 46.4 Å². The van der Waals surface area contributed by atoms with Crippen LogP contribution < -0.4 is 0 Å². The van der Waals surface area contributed by atoms with Crippen LogP contribution in [0.2, 0.25) is 0 Å². The average molecular weight is 486 g/mol. The van der Waals surface area contributed by atoms with E-state index in [0.29, 0.717) is 0 Å². The summed E-state index contributed by atoms with van der Waals surface area (Å²) >= 11 is 1.55. The molecule has 0 spiro atoms. The summed E-state index contributed by atoms with van der Waals surface area (Å²) < 4.78 is 1.51. The van der Waals surface area contributed by atoms with Gasteiger partial charge in [-0.25, -0.2) is 23.6 Å². The molecule has 0 N–H and O–H groups in total. The first kappa shape index (κ1) is 22.6. The molecule has 0 bridgehead atoms. The molecule has 1 heteroatoms. The Morgan fingerprint density at radius 1 is 1.06 bits per heavy atom. The van der Waals surface area contributed by atoms with E-state index in [9.17, 15) is 0 Å². The molecule has 0 saturated heterocycles. The van der Waals surface area contributed by atoms with Crippen LogP contribution in [0.3, 0.4) is 0 Å². The largest absolute Gasteiger partial charge is 0.211 e. The minimum Gasteiger partial charge on any atom is -0.211 e. The van der Waals surface area contributed by atoms with E-state index in [1.807, 2.05) is 12.1 Å². The molecule has 6 rings (SSSR count). The van der Waals surface area contributed by atoms with Crippen LogP contribution in [-0.4, -0.2) is 3.21 Å². The van der Waals surface area contributed by atoms with Gasteiger partial charge in [-0.2, -0.15) is 23.8 Å². The third-order valence-electron chi connectivity index (χ3n) is 6.73. The third kappa shape index (κ3) is 5.09. The molecule has 0 heterocycles. The van der Waals surface area contributed by atoms with Crippen molar-refractivity contribution in [1.82, 2.24) is 0 Å². The number of allylic oxidation sites excluding steroid dienone is 6. The van der Waals surface area contributed by atoms with Gasteiger partial charge >= 0.3 is 41.3 Å². The molecule has 2 aromatic carbocycles. The van der Waals surface area contributed by atoms with Gasteiger partial charge in [-0.05, 0) is 36.7 Å². The number of hydrogen-bond acceptors (Lipinski definition) is 0. The summed E-state index contributed by atoms with van der Waals surface area (Å²) in [6.45, 7) is 6.33. The smallest absolute Gasteiger partial charge is 0.0961 e. The van der Waals surface area contributed by atoms with E-state index in [0.717, 1.165) is 18.3 Å². The fourth-order valence-electron chi connectivity index (χ4n) is 5.53. The first-order valence-electron chi connectivity index (χ1n) is 11.8. The van der Waals surface area contributed by atoms with Crippen LogP contribution in [0.15, 0.2) is 77.4 Å². The van der Waals surface area contributed by atoms with Crippen LogP contribution in [-0.2, 0) is 30.7 Å². The maximum atomic E-state index is 2.57. The number of fused-ring (bicyclic) bond motifs is 6.